The Hall–Kier alpha value is -1.44. The number of carbonyl (C=O) groups is 2. The summed E-state index contributed by atoms with van der Waals surface area (Å²) >= 11 is 0. The second kappa shape index (κ2) is 9.15. The maximum atomic E-state index is 11.6. The highest BCUT2D eigenvalue weighted by atomic mass is 16.4. The number of nitrogens with one attached hydrogen (secondary N) is 2. The molecule has 1 saturated heterocycles. The predicted octanol–water partition coefficient (Wildman–Crippen LogP) is 0.412. The lowest BCUT2D eigenvalue weighted by atomic mass is 9.74. The fourth-order valence-corrected chi connectivity index (χ4v) is 3.72. The standard InChI is InChI=1S/C17H30N2O5/c1-4-6-12-8-14(16(23)24)19-17(12,9-13(22)7-5-2)15(10-20)18-11(3)21/h4,6,12-15,19-20,22H,5,7-10H2,1-3H3,(H,18,21)(H,23,24)/t12-,13-,14-,15+,17-/m1/s1. The number of aliphatic hydroxyl groups excluding tert-OH is 2. The molecular weight excluding hydrogens is 312 g/mol. The van der Waals surface area contributed by atoms with Crippen LogP contribution in [0.25, 0.3) is 0 Å². The normalized spacial score (nSPS) is 29.5. The Balaban J connectivity index is 3.26. The molecule has 0 aromatic carbocycles. The van der Waals surface area contributed by atoms with E-state index in [2.05, 4.69) is 10.6 Å². The van der Waals surface area contributed by atoms with Crippen molar-refractivity contribution in [2.24, 2.45) is 5.92 Å². The minimum atomic E-state index is -0.976. The van der Waals surface area contributed by atoms with E-state index >= 15 is 0 Å². The fraction of sp³-hybridized carbons (Fsp3) is 0.765. The summed E-state index contributed by atoms with van der Waals surface area (Å²) in [5, 5.41) is 35.4. The van der Waals surface area contributed by atoms with Gasteiger partial charge < -0.3 is 20.6 Å². The topological polar surface area (TPSA) is 119 Å². The van der Waals surface area contributed by atoms with Gasteiger partial charge in [-0.2, -0.15) is 0 Å². The molecule has 5 atom stereocenters. The third-order valence-corrected chi connectivity index (χ3v) is 4.69. The van der Waals surface area contributed by atoms with Gasteiger partial charge in [-0.25, -0.2) is 0 Å². The summed E-state index contributed by atoms with van der Waals surface area (Å²) in [6.07, 6.45) is 5.03. The third-order valence-electron chi connectivity index (χ3n) is 4.69. The van der Waals surface area contributed by atoms with Crippen LogP contribution in [-0.4, -0.2) is 57.5 Å². The maximum absolute atomic E-state index is 11.6. The molecule has 0 spiro atoms. The number of allylic oxidation sites excluding steroid dienone is 1. The van der Waals surface area contributed by atoms with Crippen LogP contribution in [0.1, 0.15) is 46.5 Å². The van der Waals surface area contributed by atoms with E-state index in [0.717, 1.165) is 6.42 Å². The molecule has 7 heteroatoms. The van der Waals surface area contributed by atoms with Crippen molar-refractivity contribution in [3.63, 3.8) is 0 Å². The van der Waals surface area contributed by atoms with Gasteiger partial charge in [0.15, 0.2) is 0 Å². The Morgan fingerprint density at radius 2 is 2.12 bits per heavy atom. The van der Waals surface area contributed by atoms with Crippen LogP contribution in [0.3, 0.4) is 0 Å². The monoisotopic (exact) mass is 342 g/mol. The zero-order valence-electron chi connectivity index (χ0n) is 14.7. The smallest absolute Gasteiger partial charge is 0.320 e. The summed E-state index contributed by atoms with van der Waals surface area (Å²) < 4.78 is 0. The molecule has 1 heterocycles. The molecule has 0 aliphatic carbocycles. The van der Waals surface area contributed by atoms with Gasteiger partial charge in [-0.15, -0.1) is 0 Å². The summed E-state index contributed by atoms with van der Waals surface area (Å²) in [5.74, 6) is -1.51. The van der Waals surface area contributed by atoms with E-state index in [0.29, 0.717) is 12.8 Å². The molecule has 0 bridgehead atoms. The van der Waals surface area contributed by atoms with Crippen LogP contribution in [0.4, 0.5) is 0 Å². The van der Waals surface area contributed by atoms with Gasteiger partial charge in [0.25, 0.3) is 0 Å². The lowest BCUT2D eigenvalue weighted by molar-refractivity contribution is -0.139. The van der Waals surface area contributed by atoms with Crippen molar-refractivity contribution in [1.82, 2.24) is 10.6 Å². The van der Waals surface area contributed by atoms with E-state index in [1.807, 2.05) is 26.0 Å². The summed E-state index contributed by atoms with van der Waals surface area (Å²) in [7, 11) is 0. The summed E-state index contributed by atoms with van der Waals surface area (Å²) in [5.41, 5.74) is -0.912. The minimum Gasteiger partial charge on any atom is -0.480 e. The number of carboxylic acids is 1. The summed E-state index contributed by atoms with van der Waals surface area (Å²) in [4.78, 5) is 23.0. The van der Waals surface area contributed by atoms with Crippen molar-refractivity contribution in [2.75, 3.05) is 6.61 Å². The van der Waals surface area contributed by atoms with Crippen molar-refractivity contribution < 1.29 is 24.9 Å². The predicted molar refractivity (Wildman–Crippen MR) is 90.4 cm³/mol. The van der Waals surface area contributed by atoms with E-state index in [-0.39, 0.29) is 24.9 Å². The molecule has 24 heavy (non-hydrogen) atoms. The lowest BCUT2D eigenvalue weighted by Crippen LogP contribution is -2.64. The quantitative estimate of drug-likeness (QED) is 0.387. The molecule has 0 aromatic rings. The van der Waals surface area contributed by atoms with E-state index in [1.165, 1.54) is 6.92 Å². The van der Waals surface area contributed by atoms with Crippen molar-refractivity contribution in [2.45, 2.75) is 70.2 Å². The van der Waals surface area contributed by atoms with Crippen LogP contribution >= 0.6 is 0 Å². The molecule has 7 nitrogen and oxygen atoms in total. The van der Waals surface area contributed by atoms with Crippen molar-refractivity contribution in [1.29, 1.82) is 0 Å². The molecule has 0 aromatic heterocycles. The second-order valence-electron chi connectivity index (χ2n) is 6.53. The van der Waals surface area contributed by atoms with Gasteiger partial charge in [-0.3, -0.25) is 14.9 Å². The Kier molecular flexibility index (Phi) is 7.86. The van der Waals surface area contributed by atoms with Crippen LogP contribution in [0.2, 0.25) is 0 Å². The average molecular weight is 342 g/mol. The number of hydrogen-bond donors (Lipinski definition) is 5. The largest absolute Gasteiger partial charge is 0.480 e. The molecule has 1 fully saturated rings. The van der Waals surface area contributed by atoms with Crippen LogP contribution in [0.15, 0.2) is 12.2 Å². The van der Waals surface area contributed by atoms with Gasteiger partial charge >= 0.3 is 5.97 Å². The molecule has 5 N–H and O–H groups in total. The van der Waals surface area contributed by atoms with Gasteiger partial charge in [-0.05, 0) is 32.1 Å². The first-order chi connectivity index (χ1) is 11.3. The zero-order chi connectivity index (χ0) is 18.3. The first-order valence-corrected chi connectivity index (χ1v) is 8.50. The Morgan fingerprint density at radius 3 is 2.58 bits per heavy atom. The average Bonchev–Trinajstić information content (AvgIpc) is 2.85. The van der Waals surface area contributed by atoms with Crippen LogP contribution in [-0.2, 0) is 9.59 Å². The molecule has 1 aliphatic rings. The van der Waals surface area contributed by atoms with Crippen LogP contribution in [0, 0.1) is 5.92 Å². The van der Waals surface area contributed by atoms with E-state index < -0.39 is 29.7 Å². The van der Waals surface area contributed by atoms with E-state index in [4.69, 9.17) is 0 Å². The fourth-order valence-electron chi connectivity index (χ4n) is 3.72. The van der Waals surface area contributed by atoms with Gasteiger partial charge in [0.1, 0.15) is 6.04 Å². The molecule has 1 amide bonds. The van der Waals surface area contributed by atoms with Crippen LogP contribution in [0.5, 0.6) is 0 Å². The molecule has 1 rings (SSSR count). The number of aliphatic carboxylic acids is 1. The minimum absolute atomic E-state index is 0.223. The van der Waals surface area contributed by atoms with Crippen molar-refractivity contribution >= 4 is 11.9 Å². The maximum Gasteiger partial charge on any atom is 0.320 e. The van der Waals surface area contributed by atoms with Gasteiger partial charge in [0.05, 0.1) is 24.3 Å². The van der Waals surface area contributed by atoms with Crippen molar-refractivity contribution in [3.05, 3.63) is 12.2 Å². The Bertz CT molecular complexity index is 468. The molecular formula is C17H30N2O5. The highest BCUT2D eigenvalue weighted by molar-refractivity contribution is 5.75. The zero-order valence-corrected chi connectivity index (χ0v) is 14.7. The molecule has 0 radical (unpaired) electrons. The number of hydrogen-bond acceptors (Lipinski definition) is 5. The number of aliphatic hydroxyl groups is 2. The summed E-state index contributed by atoms with van der Waals surface area (Å²) in [6, 6.07) is -1.48. The van der Waals surface area contributed by atoms with Gasteiger partial charge in [0.2, 0.25) is 5.91 Å². The summed E-state index contributed by atoms with van der Waals surface area (Å²) in [6.45, 7) is 4.81. The first kappa shape index (κ1) is 20.6. The third kappa shape index (κ3) is 4.78. The second-order valence-corrected chi connectivity index (χ2v) is 6.53. The lowest BCUT2D eigenvalue weighted by Gasteiger charge is -2.42. The number of carbonyl (C=O) groups excluding carboxylic acids is 1. The molecule has 0 unspecified atom stereocenters. The van der Waals surface area contributed by atoms with Crippen LogP contribution < -0.4 is 10.6 Å². The van der Waals surface area contributed by atoms with Crippen molar-refractivity contribution in [3.8, 4) is 0 Å². The highest BCUT2D eigenvalue weighted by Crippen LogP contribution is 2.39. The molecule has 138 valence electrons. The number of rotatable bonds is 9. The van der Waals surface area contributed by atoms with E-state index in [1.54, 1.807) is 0 Å². The molecule has 1 aliphatic heterocycles. The van der Waals surface area contributed by atoms with Gasteiger partial charge in [0, 0.05) is 6.92 Å². The number of amides is 1. The highest BCUT2D eigenvalue weighted by Gasteiger charge is 2.53. The van der Waals surface area contributed by atoms with Gasteiger partial charge in [-0.1, -0.05) is 25.5 Å². The molecule has 0 saturated carbocycles. The van der Waals surface area contributed by atoms with E-state index in [9.17, 15) is 24.9 Å². The Morgan fingerprint density at radius 1 is 1.46 bits per heavy atom. The number of carboxylic acid groups (broad SMARTS) is 1. The SMILES string of the molecule is CC=C[C@@H]1C[C@H](C(=O)O)N[C@@]1(C[C@H](O)CCC)[C@H](CO)NC(C)=O. The first-order valence-electron chi connectivity index (χ1n) is 8.50. The Labute approximate surface area is 143 Å².